The molecule has 8 atom stereocenters. The number of pyridine rings is 1. The van der Waals surface area contributed by atoms with E-state index in [4.69, 9.17) is 0 Å². The molecule has 14 heteroatoms. The predicted octanol–water partition coefficient (Wildman–Crippen LogP) is 3.90. The molecule has 0 amide bonds. The number of allylic oxidation sites excluding steroid dienone is 4. The fourth-order valence-electron chi connectivity index (χ4n) is 10.6. The van der Waals surface area contributed by atoms with Crippen molar-refractivity contribution in [1.82, 2.24) is 9.88 Å². The zero-order chi connectivity index (χ0) is 37.5. The van der Waals surface area contributed by atoms with Crippen molar-refractivity contribution in [3.8, 4) is 0 Å². The molecule has 11 nitrogen and oxygen atoms in total. The number of ketones is 2. The summed E-state index contributed by atoms with van der Waals surface area (Å²) in [4.78, 5) is 50.1. The molecule has 1 aromatic heterocycles. The van der Waals surface area contributed by atoms with Gasteiger partial charge < -0.3 is 35.2 Å². The minimum atomic E-state index is -1.98. The van der Waals surface area contributed by atoms with Crippen LogP contribution in [0.4, 0.5) is 14.5 Å². The number of nitrogens with one attached hydrogen (secondary N) is 1. The van der Waals surface area contributed by atoms with Crippen molar-refractivity contribution in [3.63, 3.8) is 0 Å². The summed E-state index contributed by atoms with van der Waals surface area (Å²) < 4.78 is 33.3. The third-order valence-electron chi connectivity index (χ3n) is 13.5. The molecule has 1 aromatic carbocycles. The zero-order valence-electron chi connectivity index (χ0n) is 30.1. The number of alkyl halides is 1. The number of aromatic nitrogens is 1. The van der Waals surface area contributed by atoms with E-state index in [1.165, 1.54) is 24.4 Å². The van der Waals surface area contributed by atoms with Gasteiger partial charge in [0.1, 0.15) is 23.6 Å². The second-order valence-electron chi connectivity index (χ2n) is 16.1. The lowest BCUT2D eigenvalue weighted by molar-refractivity contribution is -0.219. The first-order valence-electron chi connectivity index (χ1n) is 18.3. The summed E-state index contributed by atoms with van der Waals surface area (Å²) in [5.41, 5.74) is -5.01. The summed E-state index contributed by atoms with van der Waals surface area (Å²) in [6, 6.07) is 3.08. The molecule has 0 radical (unpaired) electrons. The first-order valence-corrected chi connectivity index (χ1v) is 18.3. The number of piperazine rings is 1. The summed E-state index contributed by atoms with van der Waals surface area (Å²) in [6.07, 6.45) is 7.73. The smallest absolute Gasteiger partial charge is 0.341 e. The Labute approximate surface area is 312 Å². The molecule has 1 saturated heterocycles. The quantitative estimate of drug-likeness (QED) is 0.302. The van der Waals surface area contributed by atoms with Gasteiger partial charge in [-0.1, -0.05) is 25.5 Å². The van der Waals surface area contributed by atoms with E-state index < -0.39 is 69.6 Å². The van der Waals surface area contributed by atoms with Gasteiger partial charge in [-0.15, -0.1) is 12.4 Å². The largest absolute Gasteiger partial charge is 0.477 e. The minimum Gasteiger partial charge on any atom is -0.477 e. The van der Waals surface area contributed by atoms with Gasteiger partial charge in [0.15, 0.2) is 17.2 Å². The molecule has 1 aliphatic heterocycles. The molecule has 8 rings (SSSR count). The Bertz CT molecular complexity index is 1980. The van der Waals surface area contributed by atoms with Crippen molar-refractivity contribution in [2.24, 2.45) is 28.6 Å². The van der Waals surface area contributed by atoms with E-state index in [0.717, 1.165) is 25.9 Å². The topological polar surface area (TPSA) is 169 Å². The number of Topliss-reactive ketones (excluding diaryl/α,β-unsaturated/α-hetero) is 1. The Kier molecular flexibility index (Phi) is 10.1. The lowest BCUT2D eigenvalue weighted by Gasteiger charge is -2.62. The molecule has 5 N–H and O–H groups in total. The second-order valence-corrected chi connectivity index (χ2v) is 16.1. The molecule has 2 aromatic rings. The second kappa shape index (κ2) is 13.7. The number of carbonyl (C=O) groups excluding carboxylic acids is 2. The van der Waals surface area contributed by atoms with Crippen molar-refractivity contribution >= 4 is 46.5 Å². The lowest BCUT2D eigenvalue weighted by atomic mass is 9.44. The van der Waals surface area contributed by atoms with E-state index >= 15 is 4.39 Å². The van der Waals surface area contributed by atoms with Crippen molar-refractivity contribution in [2.75, 3.05) is 37.7 Å². The number of anilines is 1. The van der Waals surface area contributed by atoms with Crippen molar-refractivity contribution < 1.29 is 43.6 Å². The van der Waals surface area contributed by atoms with Crippen LogP contribution >= 0.6 is 12.4 Å². The Balaban J connectivity index is 0.000000180. The Morgan fingerprint density at radius 1 is 1.08 bits per heavy atom. The van der Waals surface area contributed by atoms with Crippen LogP contribution < -0.4 is 15.6 Å². The number of aliphatic hydroxyl groups is 3. The van der Waals surface area contributed by atoms with Gasteiger partial charge in [-0.3, -0.25) is 14.4 Å². The first-order chi connectivity index (χ1) is 24.5. The Hall–Kier alpha value is -3.49. The molecule has 5 fully saturated rings. The molecular formula is C39H48ClF2N3O8. The first kappa shape index (κ1) is 39.2. The van der Waals surface area contributed by atoms with Crippen molar-refractivity contribution in [1.29, 1.82) is 0 Å². The third-order valence-corrected chi connectivity index (χ3v) is 13.5. The fraction of sp³-hybridized carbons (Fsp3) is 0.590. The van der Waals surface area contributed by atoms with Gasteiger partial charge in [-0.05, 0) is 81.6 Å². The lowest BCUT2D eigenvalue weighted by Crippen LogP contribution is -2.69. The van der Waals surface area contributed by atoms with Crippen molar-refractivity contribution in [3.05, 3.63) is 63.7 Å². The monoisotopic (exact) mass is 759 g/mol. The predicted molar refractivity (Wildman–Crippen MR) is 196 cm³/mol. The maximum Gasteiger partial charge on any atom is 0.341 e. The van der Waals surface area contributed by atoms with Crippen LogP contribution in [0.5, 0.6) is 0 Å². The van der Waals surface area contributed by atoms with E-state index in [2.05, 4.69) is 5.32 Å². The highest BCUT2D eigenvalue weighted by Gasteiger charge is 2.75. The number of hydrogen-bond donors (Lipinski definition) is 5. The Morgan fingerprint density at radius 3 is 2.38 bits per heavy atom. The van der Waals surface area contributed by atoms with E-state index in [0.29, 0.717) is 49.1 Å². The van der Waals surface area contributed by atoms with E-state index in [1.807, 2.05) is 9.47 Å². The fourth-order valence-corrected chi connectivity index (χ4v) is 10.6. The summed E-state index contributed by atoms with van der Waals surface area (Å²) in [5, 5.41) is 44.6. The molecule has 5 aliphatic carbocycles. The number of carboxylic acid groups (broad SMARTS) is 1. The van der Waals surface area contributed by atoms with Crippen LogP contribution in [0.2, 0.25) is 0 Å². The number of carbonyl (C=O) groups is 3. The maximum absolute atomic E-state index is 16.9. The van der Waals surface area contributed by atoms with Gasteiger partial charge in [0, 0.05) is 60.6 Å². The van der Waals surface area contributed by atoms with Gasteiger partial charge in [0.2, 0.25) is 5.43 Å². The molecule has 4 saturated carbocycles. The van der Waals surface area contributed by atoms with Crippen LogP contribution in [0.25, 0.3) is 10.9 Å². The zero-order valence-corrected chi connectivity index (χ0v) is 30.9. The average Bonchev–Trinajstić information content (AvgIpc) is 3.94. The molecule has 6 aliphatic rings. The number of aliphatic hydroxyl groups excluding tert-OH is 2. The maximum atomic E-state index is 16.9. The number of halogens is 3. The van der Waals surface area contributed by atoms with E-state index in [9.17, 15) is 44.0 Å². The third kappa shape index (κ3) is 5.71. The van der Waals surface area contributed by atoms with Crippen LogP contribution in [0, 0.1) is 34.4 Å². The average molecular weight is 760 g/mol. The van der Waals surface area contributed by atoms with Crippen LogP contribution in [-0.4, -0.2) is 92.7 Å². The molecule has 288 valence electrons. The number of aromatic carboxylic acids is 1. The molecular weight excluding hydrogens is 712 g/mol. The van der Waals surface area contributed by atoms with Crippen LogP contribution in [-0.2, 0) is 9.59 Å². The molecule has 0 spiro atoms. The summed E-state index contributed by atoms with van der Waals surface area (Å²) in [5.74, 6) is -3.87. The summed E-state index contributed by atoms with van der Waals surface area (Å²) in [7, 11) is 0. The number of carboxylic acids is 1. The molecule has 0 bridgehead atoms. The van der Waals surface area contributed by atoms with Gasteiger partial charge in [-0.25, -0.2) is 13.6 Å². The highest BCUT2D eigenvalue weighted by Crippen LogP contribution is 2.70. The number of rotatable bonds is 5. The van der Waals surface area contributed by atoms with Crippen LogP contribution in [0.15, 0.2) is 46.9 Å². The summed E-state index contributed by atoms with van der Waals surface area (Å²) >= 11 is 0. The SMILES string of the molecule is C[C@@H]1C[C@H]2[C@@H]3CCC4=CC(=O)C=C[C@]4(C)[C@@]3(F)[C@@H](O)C[C@]2(C)[C@@]1(O)C(=O)CO.Cl.O=C(O)c1cn(C2CC2)c2cc(N3CCNCC3)c(F)cc2c1=O. The minimum absolute atomic E-state index is 0. The van der Waals surface area contributed by atoms with Gasteiger partial charge >= 0.3 is 5.97 Å². The van der Waals surface area contributed by atoms with Gasteiger partial charge in [0.05, 0.1) is 17.3 Å². The standard InChI is InChI=1S/C22H29FO5.C17H18FN3O3.ClH/c1-12-8-16-15-5-4-13-9-14(25)6-7-19(13,2)21(15,23)17(26)10-20(16,3)22(12,28)18(27)11-24;18-13-7-11-14(8-15(13)20-5-3-19-4-6-20)21(10-1-2-10)9-12(16(11)22)17(23)24;/h6-7,9,12,15-17,24,26,28H,4-5,8,10-11H2,1-3H3;7-10,19H,1-6H2,(H,23,24);1H/t12-,15+,16+,17+,19+,20+,21+,22+;;/m1../s1. The number of nitrogens with zero attached hydrogens (tertiary/aromatic N) is 2. The highest BCUT2D eigenvalue weighted by atomic mass is 35.5. The normalized spacial score (nSPS) is 36.0. The number of benzene rings is 1. The van der Waals surface area contributed by atoms with E-state index in [-0.39, 0.29) is 47.5 Å². The van der Waals surface area contributed by atoms with Crippen molar-refractivity contribution in [2.45, 2.75) is 82.7 Å². The number of fused-ring (bicyclic) bond motifs is 6. The number of hydrogen-bond acceptors (Lipinski definition) is 9. The van der Waals surface area contributed by atoms with Gasteiger partial charge in [0.25, 0.3) is 0 Å². The Morgan fingerprint density at radius 2 is 1.75 bits per heavy atom. The van der Waals surface area contributed by atoms with Crippen LogP contribution in [0.1, 0.15) is 75.7 Å². The highest BCUT2D eigenvalue weighted by molar-refractivity contribution is 6.01. The van der Waals surface area contributed by atoms with E-state index in [1.54, 1.807) is 32.9 Å². The summed E-state index contributed by atoms with van der Waals surface area (Å²) in [6.45, 7) is 7.44. The van der Waals surface area contributed by atoms with Gasteiger partial charge in [-0.2, -0.15) is 0 Å². The molecule has 0 unspecified atom stereocenters. The van der Waals surface area contributed by atoms with Crippen LogP contribution in [0.3, 0.4) is 0 Å². The molecule has 2 heterocycles. The molecule has 53 heavy (non-hydrogen) atoms.